The molecule has 0 bridgehead atoms. The Morgan fingerprint density at radius 2 is 2.07 bits per heavy atom. The van der Waals surface area contributed by atoms with Crippen molar-refractivity contribution < 1.29 is 23.8 Å². The SMILES string of the molecule is CCOC(=O)C1(F)C2CN(C(=O)O)CC21. The number of alkyl halides is 1. The molecule has 0 aromatic rings. The van der Waals surface area contributed by atoms with Gasteiger partial charge in [-0.25, -0.2) is 14.0 Å². The lowest BCUT2D eigenvalue weighted by atomic mass is 10.2. The Kier molecular flexibility index (Phi) is 2.09. The van der Waals surface area contributed by atoms with Gasteiger partial charge in [-0.1, -0.05) is 0 Å². The van der Waals surface area contributed by atoms with Gasteiger partial charge in [0.25, 0.3) is 0 Å². The fourth-order valence-corrected chi connectivity index (χ4v) is 2.27. The largest absolute Gasteiger partial charge is 0.465 e. The summed E-state index contributed by atoms with van der Waals surface area (Å²) in [5.74, 6) is -1.86. The van der Waals surface area contributed by atoms with E-state index in [1.165, 1.54) is 0 Å². The summed E-state index contributed by atoms with van der Waals surface area (Å²) in [5, 5.41) is 8.65. The summed E-state index contributed by atoms with van der Waals surface area (Å²) in [6.07, 6.45) is -1.06. The van der Waals surface area contributed by atoms with E-state index in [-0.39, 0.29) is 19.7 Å². The lowest BCUT2D eigenvalue weighted by molar-refractivity contribution is -0.153. The molecule has 0 aromatic heterocycles. The quantitative estimate of drug-likeness (QED) is 0.684. The molecule has 15 heavy (non-hydrogen) atoms. The Morgan fingerprint density at radius 1 is 1.53 bits per heavy atom. The van der Waals surface area contributed by atoms with Gasteiger partial charge in [0.05, 0.1) is 6.61 Å². The maximum atomic E-state index is 13.9. The second-order valence-corrected chi connectivity index (χ2v) is 3.89. The molecule has 84 valence electrons. The van der Waals surface area contributed by atoms with E-state index < -0.39 is 29.6 Å². The van der Waals surface area contributed by atoms with Crippen LogP contribution in [0.2, 0.25) is 0 Å². The Balaban J connectivity index is 1.98. The Labute approximate surface area is 85.8 Å². The summed E-state index contributed by atoms with van der Waals surface area (Å²) in [6.45, 7) is 1.94. The number of fused-ring (bicyclic) bond motifs is 1. The predicted octanol–water partition coefficient (Wildman–Crippen LogP) is 0.497. The molecule has 2 unspecified atom stereocenters. The van der Waals surface area contributed by atoms with Crippen LogP contribution >= 0.6 is 0 Å². The van der Waals surface area contributed by atoms with Crippen molar-refractivity contribution in [1.29, 1.82) is 0 Å². The topological polar surface area (TPSA) is 66.8 Å². The molecule has 0 spiro atoms. The molecule has 2 aliphatic rings. The first-order valence-electron chi connectivity index (χ1n) is 4.85. The van der Waals surface area contributed by atoms with Crippen LogP contribution in [0.25, 0.3) is 0 Å². The zero-order chi connectivity index (χ0) is 11.2. The highest BCUT2D eigenvalue weighted by molar-refractivity contribution is 5.85. The lowest BCUT2D eigenvalue weighted by Crippen LogP contribution is -2.37. The molecule has 2 atom stereocenters. The number of carbonyl (C=O) groups is 2. The summed E-state index contributed by atoms with van der Waals surface area (Å²) < 4.78 is 18.6. The van der Waals surface area contributed by atoms with E-state index in [1.54, 1.807) is 6.92 Å². The van der Waals surface area contributed by atoms with Crippen LogP contribution in [-0.4, -0.2) is 47.4 Å². The minimum atomic E-state index is -1.93. The number of carbonyl (C=O) groups excluding carboxylic acids is 1. The van der Waals surface area contributed by atoms with Gasteiger partial charge in [0.15, 0.2) is 0 Å². The molecule has 1 aliphatic heterocycles. The van der Waals surface area contributed by atoms with Gasteiger partial charge >= 0.3 is 12.1 Å². The fourth-order valence-electron chi connectivity index (χ4n) is 2.27. The molecule has 2 rings (SSSR count). The van der Waals surface area contributed by atoms with E-state index >= 15 is 0 Å². The molecule has 0 radical (unpaired) electrons. The van der Waals surface area contributed by atoms with Crippen LogP contribution in [0.3, 0.4) is 0 Å². The second kappa shape index (κ2) is 3.08. The number of halogens is 1. The molecule has 5 nitrogen and oxygen atoms in total. The molecule has 6 heteroatoms. The second-order valence-electron chi connectivity index (χ2n) is 3.89. The Bertz CT molecular complexity index is 307. The van der Waals surface area contributed by atoms with Gasteiger partial charge in [-0.2, -0.15) is 0 Å². The van der Waals surface area contributed by atoms with Crippen molar-refractivity contribution in [2.75, 3.05) is 19.7 Å². The van der Waals surface area contributed by atoms with E-state index in [4.69, 9.17) is 5.11 Å². The third-order valence-electron chi connectivity index (χ3n) is 3.15. The normalized spacial score (nSPS) is 37.3. The van der Waals surface area contributed by atoms with E-state index in [1.807, 2.05) is 0 Å². The van der Waals surface area contributed by atoms with E-state index in [9.17, 15) is 14.0 Å². The molecule has 0 aromatic carbocycles. The summed E-state index contributed by atoms with van der Waals surface area (Å²) in [7, 11) is 0. The average Bonchev–Trinajstić information content (AvgIpc) is 2.62. The highest BCUT2D eigenvalue weighted by Crippen LogP contribution is 2.58. The maximum Gasteiger partial charge on any atom is 0.407 e. The average molecular weight is 217 g/mol. The smallest absolute Gasteiger partial charge is 0.407 e. The van der Waals surface area contributed by atoms with Crippen LogP contribution in [0.4, 0.5) is 9.18 Å². The number of likely N-dealkylation sites (tertiary alicyclic amines) is 1. The highest BCUT2D eigenvalue weighted by atomic mass is 19.1. The van der Waals surface area contributed by atoms with Gasteiger partial charge in [0, 0.05) is 24.9 Å². The Morgan fingerprint density at radius 3 is 2.47 bits per heavy atom. The minimum absolute atomic E-state index is 0.0926. The monoisotopic (exact) mass is 217 g/mol. The number of nitrogens with zero attached hydrogens (tertiary/aromatic N) is 1. The first kappa shape index (κ1) is 10.2. The van der Waals surface area contributed by atoms with Gasteiger partial charge in [0.1, 0.15) is 0 Å². The van der Waals surface area contributed by atoms with E-state index in [2.05, 4.69) is 4.74 Å². The third kappa shape index (κ3) is 1.27. The third-order valence-corrected chi connectivity index (χ3v) is 3.15. The predicted molar refractivity (Wildman–Crippen MR) is 47.0 cm³/mol. The molecular weight excluding hydrogens is 205 g/mol. The minimum Gasteiger partial charge on any atom is -0.465 e. The Hall–Kier alpha value is -1.33. The van der Waals surface area contributed by atoms with Crippen LogP contribution in [0, 0.1) is 11.8 Å². The molecule has 1 saturated carbocycles. The maximum absolute atomic E-state index is 13.9. The zero-order valence-electron chi connectivity index (χ0n) is 8.27. The molecule has 1 amide bonds. The van der Waals surface area contributed by atoms with E-state index in [0.717, 1.165) is 4.90 Å². The first-order valence-corrected chi connectivity index (χ1v) is 4.85. The van der Waals surface area contributed by atoms with Gasteiger partial charge < -0.3 is 14.7 Å². The molecular formula is C9H12FNO4. The standard InChI is InChI=1S/C9H12FNO4/c1-2-15-7(12)9(10)5-3-11(8(13)14)4-6(5)9/h5-6H,2-4H2,1H3,(H,13,14). The number of amides is 1. The van der Waals surface area contributed by atoms with E-state index in [0.29, 0.717) is 0 Å². The number of esters is 1. The summed E-state index contributed by atoms with van der Waals surface area (Å²) in [5.41, 5.74) is -1.93. The van der Waals surface area contributed by atoms with Gasteiger partial charge in [-0.3, -0.25) is 0 Å². The highest BCUT2D eigenvalue weighted by Gasteiger charge is 2.76. The van der Waals surface area contributed by atoms with Crippen LogP contribution in [-0.2, 0) is 9.53 Å². The summed E-state index contributed by atoms with van der Waals surface area (Å²) >= 11 is 0. The molecule has 1 aliphatic carbocycles. The summed E-state index contributed by atoms with van der Waals surface area (Å²) in [4.78, 5) is 22.9. The van der Waals surface area contributed by atoms with Crippen molar-refractivity contribution in [2.24, 2.45) is 11.8 Å². The van der Waals surface area contributed by atoms with Gasteiger partial charge in [-0.15, -0.1) is 0 Å². The fraction of sp³-hybridized carbons (Fsp3) is 0.778. The van der Waals surface area contributed by atoms with Gasteiger partial charge in [0.2, 0.25) is 5.67 Å². The van der Waals surface area contributed by atoms with Crippen molar-refractivity contribution in [3.05, 3.63) is 0 Å². The van der Waals surface area contributed by atoms with Gasteiger partial charge in [-0.05, 0) is 6.92 Å². The first-order chi connectivity index (χ1) is 7.01. The number of carboxylic acid groups (broad SMARTS) is 1. The molecule has 1 heterocycles. The van der Waals surface area contributed by atoms with Crippen molar-refractivity contribution in [2.45, 2.75) is 12.6 Å². The van der Waals surface area contributed by atoms with Crippen LogP contribution in [0.5, 0.6) is 0 Å². The lowest BCUT2D eigenvalue weighted by Gasteiger charge is -2.18. The number of hydrogen-bond acceptors (Lipinski definition) is 3. The molecule has 1 N–H and O–H groups in total. The number of hydrogen-bond donors (Lipinski definition) is 1. The van der Waals surface area contributed by atoms with Crippen molar-refractivity contribution in [1.82, 2.24) is 4.90 Å². The summed E-state index contributed by atoms with van der Waals surface area (Å²) in [6, 6.07) is 0. The van der Waals surface area contributed by atoms with Crippen LogP contribution in [0.15, 0.2) is 0 Å². The molecule has 1 saturated heterocycles. The number of ether oxygens (including phenoxy) is 1. The number of piperidine rings is 1. The zero-order valence-corrected chi connectivity index (χ0v) is 8.27. The number of rotatable bonds is 2. The van der Waals surface area contributed by atoms with Crippen LogP contribution < -0.4 is 0 Å². The molecule has 2 fully saturated rings. The van der Waals surface area contributed by atoms with Crippen molar-refractivity contribution in [3.63, 3.8) is 0 Å². The van der Waals surface area contributed by atoms with Crippen LogP contribution in [0.1, 0.15) is 6.92 Å². The van der Waals surface area contributed by atoms with Crippen molar-refractivity contribution in [3.8, 4) is 0 Å². The van der Waals surface area contributed by atoms with Crippen molar-refractivity contribution >= 4 is 12.1 Å².